The number of rotatable bonds is 6. The second-order valence-electron chi connectivity index (χ2n) is 3.63. The molecule has 0 aliphatic heterocycles. The fourth-order valence-corrected chi connectivity index (χ4v) is 2.66. The molecular weight excluding hydrogens is 222 g/mol. The average molecular weight is 241 g/mol. The van der Waals surface area contributed by atoms with E-state index in [1.54, 1.807) is 18.0 Å². The molecule has 5 heteroatoms. The maximum atomic E-state index is 11.1. The SMILES string of the molecule is CCNC(CC)C(C)Sc1nccc(=O)[nH]1. The number of hydrogen-bond acceptors (Lipinski definition) is 4. The number of H-pyrrole nitrogens is 1. The van der Waals surface area contributed by atoms with Gasteiger partial charge in [-0.2, -0.15) is 0 Å². The molecule has 0 saturated heterocycles. The van der Waals surface area contributed by atoms with Crippen molar-refractivity contribution in [1.29, 1.82) is 0 Å². The van der Waals surface area contributed by atoms with E-state index in [0.29, 0.717) is 16.4 Å². The van der Waals surface area contributed by atoms with Crippen molar-refractivity contribution in [3.05, 3.63) is 22.6 Å². The molecule has 4 nitrogen and oxygen atoms in total. The summed E-state index contributed by atoms with van der Waals surface area (Å²) in [6.07, 6.45) is 2.61. The lowest BCUT2D eigenvalue weighted by molar-refractivity contribution is 0.508. The third kappa shape index (κ3) is 3.98. The van der Waals surface area contributed by atoms with Gasteiger partial charge in [-0.3, -0.25) is 4.79 Å². The van der Waals surface area contributed by atoms with Gasteiger partial charge < -0.3 is 10.3 Å². The normalized spacial score (nSPS) is 14.7. The highest BCUT2D eigenvalue weighted by Crippen LogP contribution is 2.21. The molecule has 0 spiro atoms. The Labute approximate surface area is 100 Å². The van der Waals surface area contributed by atoms with E-state index in [2.05, 4.69) is 36.1 Å². The summed E-state index contributed by atoms with van der Waals surface area (Å²) in [5.74, 6) is 0. The Hall–Kier alpha value is -0.810. The first-order valence-corrected chi connectivity index (χ1v) is 6.50. The molecule has 90 valence electrons. The summed E-state index contributed by atoms with van der Waals surface area (Å²) >= 11 is 1.60. The summed E-state index contributed by atoms with van der Waals surface area (Å²) in [5, 5.41) is 4.50. The fraction of sp³-hybridized carbons (Fsp3) is 0.636. The van der Waals surface area contributed by atoms with Crippen LogP contribution in [0, 0.1) is 0 Å². The first kappa shape index (κ1) is 13.3. The zero-order chi connectivity index (χ0) is 12.0. The molecule has 16 heavy (non-hydrogen) atoms. The van der Waals surface area contributed by atoms with Gasteiger partial charge in [0, 0.05) is 23.6 Å². The highest BCUT2D eigenvalue weighted by atomic mass is 32.2. The van der Waals surface area contributed by atoms with Crippen molar-refractivity contribution < 1.29 is 0 Å². The van der Waals surface area contributed by atoms with Gasteiger partial charge in [-0.1, -0.05) is 32.5 Å². The van der Waals surface area contributed by atoms with E-state index < -0.39 is 0 Å². The van der Waals surface area contributed by atoms with Crippen LogP contribution in [-0.4, -0.2) is 27.8 Å². The maximum Gasteiger partial charge on any atom is 0.251 e. The van der Waals surface area contributed by atoms with Gasteiger partial charge in [0.25, 0.3) is 5.56 Å². The van der Waals surface area contributed by atoms with Gasteiger partial charge in [0.2, 0.25) is 0 Å². The topological polar surface area (TPSA) is 57.8 Å². The summed E-state index contributed by atoms with van der Waals surface area (Å²) in [5.41, 5.74) is -0.0961. The number of aromatic amines is 1. The summed E-state index contributed by atoms with van der Waals surface area (Å²) in [7, 11) is 0. The number of aromatic nitrogens is 2. The molecule has 1 aromatic heterocycles. The van der Waals surface area contributed by atoms with Gasteiger partial charge in [0.05, 0.1) is 0 Å². The minimum absolute atomic E-state index is 0.0961. The third-order valence-electron chi connectivity index (χ3n) is 2.42. The van der Waals surface area contributed by atoms with E-state index in [1.165, 1.54) is 6.07 Å². The molecule has 2 N–H and O–H groups in total. The molecule has 0 aromatic carbocycles. The Morgan fingerprint density at radius 1 is 1.56 bits per heavy atom. The standard InChI is InChI=1S/C11H19N3OS/c1-4-9(12-5-2)8(3)16-11-13-7-6-10(15)14-11/h6-9,12H,4-5H2,1-3H3,(H,13,14,15). The molecule has 0 saturated carbocycles. The van der Waals surface area contributed by atoms with Crippen LogP contribution in [0.4, 0.5) is 0 Å². The maximum absolute atomic E-state index is 11.1. The number of thioether (sulfide) groups is 1. The van der Waals surface area contributed by atoms with Crippen molar-refractivity contribution in [3.8, 4) is 0 Å². The van der Waals surface area contributed by atoms with Crippen molar-refractivity contribution >= 4 is 11.8 Å². The summed E-state index contributed by atoms with van der Waals surface area (Å²) in [6.45, 7) is 7.37. The summed E-state index contributed by atoms with van der Waals surface area (Å²) < 4.78 is 0. The molecule has 0 aliphatic rings. The fourth-order valence-electron chi connectivity index (χ4n) is 1.57. The Balaban J connectivity index is 2.62. The van der Waals surface area contributed by atoms with Crippen LogP contribution in [0.2, 0.25) is 0 Å². The van der Waals surface area contributed by atoms with Crippen molar-refractivity contribution in [2.45, 2.75) is 43.6 Å². The largest absolute Gasteiger partial charge is 0.313 e. The Kier molecular flexibility index (Phi) is 5.55. The molecule has 1 aromatic rings. The van der Waals surface area contributed by atoms with Gasteiger partial charge >= 0.3 is 0 Å². The average Bonchev–Trinajstić information content (AvgIpc) is 2.25. The lowest BCUT2D eigenvalue weighted by atomic mass is 10.2. The Morgan fingerprint density at radius 3 is 2.88 bits per heavy atom. The number of nitrogens with zero attached hydrogens (tertiary/aromatic N) is 1. The molecule has 2 atom stereocenters. The number of nitrogens with one attached hydrogen (secondary N) is 2. The summed E-state index contributed by atoms with van der Waals surface area (Å²) in [4.78, 5) is 18.0. The second-order valence-corrected chi connectivity index (χ2v) is 5.00. The second kappa shape index (κ2) is 6.70. The van der Waals surface area contributed by atoms with Gasteiger partial charge in [-0.25, -0.2) is 4.98 Å². The predicted octanol–water partition coefficient (Wildman–Crippen LogP) is 1.64. The van der Waals surface area contributed by atoms with Crippen LogP contribution in [0.1, 0.15) is 27.2 Å². The van der Waals surface area contributed by atoms with E-state index in [1.807, 2.05) is 0 Å². The molecular formula is C11H19N3OS. The summed E-state index contributed by atoms with van der Waals surface area (Å²) in [6, 6.07) is 1.87. The van der Waals surface area contributed by atoms with Crippen molar-refractivity contribution in [2.75, 3.05) is 6.54 Å². The molecule has 0 fully saturated rings. The molecule has 2 unspecified atom stereocenters. The molecule has 1 rings (SSSR count). The first-order chi connectivity index (χ1) is 7.67. The van der Waals surface area contributed by atoms with Crippen LogP contribution >= 0.6 is 11.8 Å². The Bertz CT molecular complexity index is 366. The van der Waals surface area contributed by atoms with E-state index in [0.717, 1.165) is 13.0 Å². The van der Waals surface area contributed by atoms with Crippen LogP contribution in [-0.2, 0) is 0 Å². The molecule has 1 heterocycles. The minimum Gasteiger partial charge on any atom is -0.313 e. The quantitative estimate of drug-likeness (QED) is 0.587. The van der Waals surface area contributed by atoms with Crippen molar-refractivity contribution in [2.24, 2.45) is 0 Å². The van der Waals surface area contributed by atoms with Crippen molar-refractivity contribution in [1.82, 2.24) is 15.3 Å². The van der Waals surface area contributed by atoms with Crippen LogP contribution in [0.3, 0.4) is 0 Å². The van der Waals surface area contributed by atoms with E-state index in [9.17, 15) is 4.79 Å². The van der Waals surface area contributed by atoms with Gasteiger partial charge in [0.15, 0.2) is 5.16 Å². The van der Waals surface area contributed by atoms with Gasteiger partial charge in [-0.05, 0) is 13.0 Å². The molecule has 0 aliphatic carbocycles. The van der Waals surface area contributed by atoms with E-state index in [4.69, 9.17) is 0 Å². The smallest absolute Gasteiger partial charge is 0.251 e. The van der Waals surface area contributed by atoms with Crippen LogP contribution < -0.4 is 10.9 Å². The molecule has 0 bridgehead atoms. The third-order valence-corrected chi connectivity index (χ3v) is 3.55. The van der Waals surface area contributed by atoms with E-state index >= 15 is 0 Å². The highest BCUT2D eigenvalue weighted by Gasteiger charge is 2.16. The molecule has 0 radical (unpaired) electrons. The lowest BCUT2D eigenvalue weighted by Crippen LogP contribution is -2.36. The first-order valence-electron chi connectivity index (χ1n) is 5.62. The van der Waals surface area contributed by atoms with Crippen molar-refractivity contribution in [3.63, 3.8) is 0 Å². The lowest BCUT2D eigenvalue weighted by Gasteiger charge is -2.22. The van der Waals surface area contributed by atoms with E-state index in [-0.39, 0.29) is 5.56 Å². The van der Waals surface area contributed by atoms with Crippen LogP contribution in [0.5, 0.6) is 0 Å². The number of hydrogen-bond donors (Lipinski definition) is 2. The highest BCUT2D eigenvalue weighted by molar-refractivity contribution is 7.99. The van der Waals surface area contributed by atoms with Gasteiger partial charge in [-0.15, -0.1) is 0 Å². The Morgan fingerprint density at radius 2 is 2.31 bits per heavy atom. The zero-order valence-corrected chi connectivity index (χ0v) is 10.8. The van der Waals surface area contributed by atoms with Crippen LogP contribution in [0.15, 0.2) is 22.2 Å². The monoisotopic (exact) mass is 241 g/mol. The zero-order valence-electron chi connectivity index (χ0n) is 9.99. The predicted molar refractivity (Wildman–Crippen MR) is 67.9 cm³/mol. The molecule has 0 amide bonds. The van der Waals surface area contributed by atoms with Crippen LogP contribution in [0.25, 0.3) is 0 Å². The van der Waals surface area contributed by atoms with Gasteiger partial charge in [0.1, 0.15) is 0 Å². The minimum atomic E-state index is -0.0961.